The highest BCUT2D eigenvalue weighted by atomic mass is 32.3. The van der Waals surface area contributed by atoms with Crippen molar-refractivity contribution in [2.75, 3.05) is 13.7 Å². The van der Waals surface area contributed by atoms with Crippen LogP contribution in [0.4, 0.5) is 0 Å². The molecule has 0 saturated carbocycles. The molecule has 10 atom stereocenters. The molecule has 0 amide bonds. The summed E-state index contributed by atoms with van der Waals surface area (Å²) in [5, 5.41) is 82.2. The number of aliphatic hydroxyl groups is 5. The van der Waals surface area contributed by atoms with Crippen LogP contribution in [0.1, 0.15) is 6.92 Å². The maximum Gasteiger partial charge on any atom is 0.397 e. The molecule has 0 spiro atoms. The summed E-state index contributed by atoms with van der Waals surface area (Å²) in [6, 6.07) is 5.54. The van der Waals surface area contributed by atoms with Crippen LogP contribution >= 0.6 is 0 Å². The first-order valence-corrected chi connectivity index (χ1v) is 15.4. The minimum Gasteiger partial charge on any atom is -0.508 e. The lowest BCUT2D eigenvalue weighted by atomic mass is 9.98. The van der Waals surface area contributed by atoms with Crippen molar-refractivity contribution in [3.8, 4) is 40.1 Å². The van der Waals surface area contributed by atoms with Crippen LogP contribution in [0.2, 0.25) is 0 Å². The maximum atomic E-state index is 13.8. The SMILES string of the molecule is COc1cc(-c2oc3cc(O)cc(O)c3c(=O)c2O[C@@H]2O[C@H](CO[C@@H]3O[C@@H](C)[C@H](O)[C@@H](O)[C@@H]3O)[C@H](OS(=O)(=O)O)[C@H](O)[C@H]2O)ccc1O. The van der Waals surface area contributed by atoms with Gasteiger partial charge in [0.05, 0.1) is 19.8 Å². The number of benzene rings is 2. The van der Waals surface area contributed by atoms with Gasteiger partial charge in [-0.05, 0) is 25.1 Å². The predicted octanol–water partition coefficient (Wildman–Crippen LogP) is -1.56. The second-order valence-electron chi connectivity index (χ2n) is 11.0. The highest BCUT2D eigenvalue weighted by molar-refractivity contribution is 7.80. The van der Waals surface area contributed by atoms with Gasteiger partial charge in [-0.25, -0.2) is 4.18 Å². The number of aliphatic hydroxyl groups excluding tert-OH is 5. The molecule has 19 nitrogen and oxygen atoms in total. The van der Waals surface area contributed by atoms with Crippen LogP contribution in [0.3, 0.4) is 0 Å². The molecule has 48 heavy (non-hydrogen) atoms. The molecule has 20 heteroatoms. The summed E-state index contributed by atoms with van der Waals surface area (Å²) in [6.45, 7) is 0.520. The number of methoxy groups -OCH3 is 1. The molecular formula is C28H32O19S. The van der Waals surface area contributed by atoms with Gasteiger partial charge in [0.2, 0.25) is 17.5 Å². The van der Waals surface area contributed by atoms with E-state index in [1.807, 2.05) is 0 Å². The first-order valence-electron chi connectivity index (χ1n) is 14.1. The van der Waals surface area contributed by atoms with E-state index < -0.39 is 112 Å². The van der Waals surface area contributed by atoms with Crippen molar-refractivity contribution in [2.24, 2.45) is 0 Å². The van der Waals surface area contributed by atoms with Gasteiger partial charge in [0.15, 0.2) is 23.5 Å². The van der Waals surface area contributed by atoms with Gasteiger partial charge in [-0.1, -0.05) is 0 Å². The topological polar surface area (TPSA) is 302 Å². The minimum absolute atomic E-state index is 0.0260. The molecule has 0 radical (unpaired) electrons. The van der Waals surface area contributed by atoms with Gasteiger partial charge >= 0.3 is 10.4 Å². The summed E-state index contributed by atoms with van der Waals surface area (Å²) >= 11 is 0. The van der Waals surface area contributed by atoms with Crippen molar-refractivity contribution < 1.29 is 86.1 Å². The third kappa shape index (κ3) is 6.99. The fraction of sp³-hybridized carbons (Fsp3) is 0.464. The first-order chi connectivity index (χ1) is 22.5. The molecule has 264 valence electrons. The zero-order chi connectivity index (χ0) is 35.2. The summed E-state index contributed by atoms with van der Waals surface area (Å²) in [6.07, 6.45) is -18.1. The second-order valence-corrected chi connectivity index (χ2v) is 12.0. The third-order valence-electron chi connectivity index (χ3n) is 7.70. The van der Waals surface area contributed by atoms with E-state index in [-0.39, 0.29) is 22.6 Å². The highest BCUT2D eigenvalue weighted by Gasteiger charge is 2.50. The molecule has 3 heterocycles. The van der Waals surface area contributed by atoms with Crippen molar-refractivity contribution >= 4 is 21.4 Å². The van der Waals surface area contributed by atoms with Crippen molar-refractivity contribution in [2.45, 2.75) is 68.3 Å². The number of rotatable bonds is 9. The van der Waals surface area contributed by atoms with Gasteiger partial charge in [-0.3, -0.25) is 9.35 Å². The van der Waals surface area contributed by atoms with Gasteiger partial charge in [0.1, 0.15) is 65.2 Å². The second kappa shape index (κ2) is 13.6. The fourth-order valence-corrected chi connectivity index (χ4v) is 5.76. The van der Waals surface area contributed by atoms with Crippen molar-refractivity contribution in [1.82, 2.24) is 0 Å². The number of ether oxygens (including phenoxy) is 5. The van der Waals surface area contributed by atoms with Crippen molar-refractivity contribution in [3.63, 3.8) is 0 Å². The standard InChI is InChI=1S/C28H32O19S/c1-9-18(32)20(34)22(36)27(43-9)42-8-16-25(47-48(38,39)40)21(35)23(37)28(45-16)46-26-19(33)17-13(31)6-11(29)7-15(17)44-24(26)10-3-4-12(30)14(5-10)41-2/h3-7,9,16,18,20-23,25,27-32,34-37H,8H2,1-2H3,(H,38,39,40)/t9-,16+,18-,20+,21+,22-,23+,25-,27+,28-/m0/s1. The van der Waals surface area contributed by atoms with Crippen LogP contribution in [0.5, 0.6) is 28.7 Å². The molecular weight excluding hydrogens is 672 g/mol. The molecule has 2 saturated heterocycles. The maximum absolute atomic E-state index is 13.8. The summed E-state index contributed by atoms with van der Waals surface area (Å²) in [7, 11) is -4.07. The third-order valence-corrected chi connectivity index (χ3v) is 8.17. The van der Waals surface area contributed by atoms with Crippen LogP contribution in [-0.2, 0) is 28.8 Å². The normalized spacial score (nSPS) is 31.1. The molecule has 2 aromatic carbocycles. The molecule has 2 fully saturated rings. The summed E-state index contributed by atoms with van der Waals surface area (Å²) in [5.74, 6) is -2.75. The first kappa shape index (κ1) is 35.5. The van der Waals surface area contributed by atoms with Crippen LogP contribution < -0.4 is 14.9 Å². The summed E-state index contributed by atoms with van der Waals surface area (Å²) in [5.41, 5.74) is -1.37. The zero-order valence-electron chi connectivity index (χ0n) is 24.9. The molecule has 5 rings (SSSR count). The minimum atomic E-state index is -5.31. The monoisotopic (exact) mass is 704 g/mol. The fourth-order valence-electron chi connectivity index (χ4n) is 5.24. The van der Waals surface area contributed by atoms with Gasteiger partial charge in [-0.2, -0.15) is 8.42 Å². The van der Waals surface area contributed by atoms with E-state index in [1.54, 1.807) is 0 Å². The Morgan fingerprint density at radius 2 is 1.54 bits per heavy atom. The molecule has 2 aliphatic heterocycles. The number of fused-ring (bicyclic) bond motifs is 1. The smallest absolute Gasteiger partial charge is 0.397 e. The number of phenolic OH excluding ortho intramolecular Hbond substituents is 3. The van der Waals surface area contributed by atoms with Crippen LogP contribution in [0, 0.1) is 0 Å². The van der Waals surface area contributed by atoms with E-state index in [9.17, 15) is 58.6 Å². The number of hydrogen-bond acceptors (Lipinski definition) is 18. The Labute approximate surface area is 270 Å². The Balaban J connectivity index is 1.54. The van der Waals surface area contributed by atoms with E-state index in [0.29, 0.717) is 0 Å². The Morgan fingerprint density at radius 1 is 0.854 bits per heavy atom. The quantitative estimate of drug-likeness (QED) is 0.114. The lowest BCUT2D eigenvalue weighted by Gasteiger charge is -2.43. The number of aromatic hydroxyl groups is 3. The van der Waals surface area contributed by atoms with E-state index >= 15 is 0 Å². The molecule has 1 aromatic heterocycles. The van der Waals surface area contributed by atoms with Gasteiger partial charge < -0.3 is 69.0 Å². The van der Waals surface area contributed by atoms with E-state index in [1.165, 1.54) is 32.2 Å². The molecule has 9 N–H and O–H groups in total. The van der Waals surface area contributed by atoms with E-state index in [2.05, 4.69) is 4.18 Å². The molecule has 0 aliphatic carbocycles. The highest BCUT2D eigenvalue weighted by Crippen LogP contribution is 2.40. The number of hydrogen-bond donors (Lipinski definition) is 9. The van der Waals surface area contributed by atoms with Crippen LogP contribution in [0.25, 0.3) is 22.3 Å². The average Bonchev–Trinajstić information content (AvgIpc) is 3.01. The lowest BCUT2D eigenvalue weighted by Crippen LogP contribution is -2.62. The van der Waals surface area contributed by atoms with E-state index in [4.69, 9.17) is 28.1 Å². The average molecular weight is 705 g/mol. The van der Waals surface area contributed by atoms with Crippen molar-refractivity contribution in [1.29, 1.82) is 0 Å². The van der Waals surface area contributed by atoms with Crippen molar-refractivity contribution in [3.05, 3.63) is 40.6 Å². The largest absolute Gasteiger partial charge is 0.508 e. The lowest BCUT2D eigenvalue weighted by molar-refractivity contribution is -0.316. The molecule has 2 aliphatic rings. The molecule has 3 aromatic rings. The molecule has 0 bridgehead atoms. The Hall–Kier alpha value is -3.80. The van der Waals surface area contributed by atoms with Crippen LogP contribution in [0.15, 0.2) is 39.5 Å². The summed E-state index contributed by atoms with van der Waals surface area (Å²) in [4.78, 5) is 13.8. The Kier molecular flexibility index (Phi) is 10.1. The number of phenols is 3. The van der Waals surface area contributed by atoms with Crippen LogP contribution in [-0.4, -0.2) is 129 Å². The molecule has 0 unspecified atom stereocenters. The Morgan fingerprint density at radius 3 is 2.21 bits per heavy atom. The summed E-state index contributed by atoms with van der Waals surface area (Å²) < 4.78 is 70.2. The van der Waals surface area contributed by atoms with Gasteiger partial charge in [-0.15, -0.1) is 0 Å². The Bertz CT molecular complexity index is 1810. The van der Waals surface area contributed by atoms with Gasteiger partial charge in [0.25, 0.3) is 0 Å². The van der Waals surface area contributed by atoms with E-state index in [0.717, 1.165) is 12.1 Å². The van der Waals surface area contributed by atoms with Gasteiger partial charge in [0, 0.05) is 17.7 Å². The predicted molar refractivity (Wildman–Crippen MR) is 155 cm³/mol. The zero-order valence-corrected chi connectivity index (χ0v) is 25.7.